The highest BCUT2D eigenvalue weighted by atomic mass is 16.5. The quantitative estimate of drug-likeness (QED) is 0.785. The van der Waals surface area contributed by atoms with Crippen LogP contribution in [0, 0.1) is 0 Å². The van der Waals surface area contributed by atoms with Gasteiger partial charge in [-0.2, -0.15) is 0 Å². The monoisotopic (exact) mass is 307 g/mol. The Morgan fingerprint density at radius 3 is 2.70 bits per heavy atom. The number of ether oxygens (including phenoxy) is 1. The number of carbonyl (C=O) groups is 1. The van der Waals surface area contributed by atoms with E-state index in [2.05, 4.69) is 4.98 Å². The fourth-order valence-corrected chi connectivity index (χ4v) is 2.54. The number of nitrogens with zero attached hydrogens (tertiary/aromatic N) is 1. The second kappa shape index (κ2) is 6.48. The van der Waals surface area contributed by atoms with Crippen LogP contribution in [0.1, 0.15) is 11.3 Å². The molecule has 0 aliphatic rings. The minimum Gasteiger partial charge on any atom is -0.504 e. The number of hydrogen-bond acceptors (Lipinski definition) is 4. The van der Waals surface area contributed by atoms with E-state index in [1.807, 2.05) is 36.4 Å². The molecule has 0 spiro atoms. The van der Waals surface area contributed by atoms with Gasteiger partial charge in [0.05, 0.1) is 12.6 Å². The number of phenolic OH excluding ortho intramolecular Hbond substituents is 1. The predicted octanol–water partition coefficient (Wildman–Crippen LogP) is 3.30. The number of para-hydroxylation sites is 1. The fourth-order valence-electron chi connectivity index (χ4n) is 2.54. The van der Waals surface area contributed by atoms with Crippen LogP contribution in [0.25, 0.3) is 10.9 Å². The van der Waals surface area contributed by atoms with Crippen molar-refractivity contribution in [1.82, 2.24) is 4.98 Å². The molecule has 23 heavy (non-hydrogen) atoms. The highest BCUT2D eigenvalue weighted by Gasteiger charge is 2.09. The SMILES string of the molecule is COc1ccc(CC(=O)Cc2ccc3ccccc3n2)cc1O. The molecule has 116 valence electrons. The third-order valence-corrected chi connectivity index (χ3v) is 3.68. The topological polar surface area (TPSA) is 59.4 Å². The number of pyridine rings is 1. The molecule has 1 aromatic heterocycles. The first kappa shape index (κ1) is 15.0. The fraction of sp³-hybridized carbons (Fsp3) is 0.158. The zero-order chi connectivity index (χ0) is 16.2. The van der Waals surface area contributed by atoms with Crippen LogP contribution >= 0.6 is 0 Å². The van der Waals surface area contributed by atoms with Gasteiger partial charge in [0.2, 0.25) is 0 Å². The number of phenols is 1. The normalized spacial score (nSPS) is 10.7. The van der Waals surface area contributed by atoms with Gasteiger partial charge in [0.1, 0.15) is 5.78 Å². The Balaban J connectivity index is 1.71. The Hall–Kier alpha value is -2.88. The smallest absolute Gasteiger partial charge is 0.160 e. The van der Waals surface area contributed by atoms with Gasteiger partial charge in [0.25, 0.3) is 0 Å². The van der Waals surface area contributed by atoms with Gasteiger partial charge in [0, 0.05) is 23.9 Å². The van der Waals surface area contributed by atoms with Crippen LogP contribution in [0.2, 0.25) is 0 Å². The first-order valence-corrected chi connectivity index (χ1v) is 7.38. The van der Waals surface area contributed by atoms with Crippen molar-refractivity contribution < 1.29 is 14.6 Å². The zero-order valence-corrected chi connectivity index (χ0v) is 12.8. The van der Waals surface area contributed by atoms with Crippen LogP contribution in [0.15, 0.2) is 54.6 Å². The molecular weight excluding hydrogens is 290 g/mol. The van der Waals surface area contributed by atoms with Gasteiger partial charge in [-0.1, -0.05) is 30.3 Å². The first-order valence-electron chi connectivity index (χ1n) is 7.38. The molecule has 2 aromatic carbocycles. The molecule has 0 atom stereocenters. The summed E-state index contributed by atoms with van der Waals surface area (Å²) in [6, 6.07) is 16.7. The van der Waals surface area contributed by atoms with Gasteiger partial charge in [-0.15, -0.1) is 0 Å². The van der Waals surface area contributed by atoms with E-state index in [-0.39, 0.29) is 24.4 Å². The summed E-state index contributed by atoms with van der Waals surface area (Å²) >= 11 is 0. The van der Waals surface area contributed by atoms with Crippen molar-refractivity contribution in [2.45, 2.75) is 12.8 Å². The van der Waals surface area contributed by atoms with Crippen LogP contribution in [0.5, 0.6) is 11.5 Å². The molecule has 0 aliphatic carbocycles. The molecule has 0 saturated heterocycles. The number of fused-ring (bicyclic) bond motifs is 1. The summed E-state index contributed by atoms with van der Waals surface area (Å²) in [6.07, 6.45) is 0.531. The maximum absolute atomic E-state index is 12.2. The van der Waals surface area contributed by atoms with Crippen molar-refractivity contribution in [2.24, 2.45) is 0 Å². The third kappa shape index (κ3) is 3.48. The summed E-state index contributed by atoms with van der Waals surface area (Å²) in [5.74, 6) is 0.497. The Labute approximate surface area is 134 Å². The molecule has 4 heteroatoms. The summed E-state index contributed by atoms with van der Waals surface area (Å²) in [5.41, 5.74) is 2.40. The van der Waals surface area contributed by atoms with Gasteiger partial charge in [-0.25, -0.2) is 0 Å². The molecule has 0 saturated carbocycles. The Kier molecular flexibility index (Phi) is 4.24. The lowest BCUT2D eigenvalue weighted by atomic mass is 10.0. The minimum absolute atomic E-state index is 0.0432. The lowest BCUT2D eigenvalue weighted by Crippen LogP contribution is -2.08. The lowest BCUT2D eigenvalue weighted by Gasteiger charge is -2.06. The standard InChI is InChI=1S/C19H17NO3/c1-23-19-9-6-13(11-18(19)22)10-16(21)12-15-8-7-14-4-2-3-5-17(14)20-15/h2-9,11,22H,10,12H2,1H3. The number of carbonyl (C=O) groups excluding carboxylic acids is 1. The molecular formula is C19H17NO3. The summed E-state index contributed by atoms with van der Waals surface area (Å²) < 4.78 is 5.00. The molecule has 4 nitrogen and oxygen atoms in total. The summed E-state index contributed by atoms with van der Waals surface area (Å²) in [4.78, 5) is 16.7. The second-order valence-corrected chi connectivity index (χ2v) is 5.39. The highest BCUT2D eigenvalue weighted by molar-refractivity contribution is 5.84. The molecule has 0 amide bonds. The zero-order valence-electron chi connectivity index (χ0n) is 12.8. The molecule has 3 aromatic rings. The number of hydrogen-bond donors (Lipinski definition) is 1. The summed E-state index contributed by atoms with van der Waals surface area (Å²) in [7, 11) is 1.49. The average molecular weight is 307 g/mol. The van der Waals surface area contributed by atoms with Crippen molar-refractivity contribution in [3.63, 3.8) is 0 Å². The van der Waals surface area contributed by atoms with Gasteiger partial charge >= 0.3 is 0 Å². The van der Waals surface area contributed by atoms with Crippen LogP contribution in [0.3, 0.4) is 0 Å². The van der Waals surface area contributed by atoms with Gasteiger partial charge in [-0.3, -0.25) is 9.78 Å². The van der Waals surface area contributed by atoms with E-state index in [0.717, 1.165) is 22.2 Å². The number of benzene rings is 2. The highest BCUT2D eigenvalue weighted by Crippen LogP contribution is 2.26. The average Bonchev–Trinajstić information content (AvgIpc) is 2.55. The Bertz CT molecular complexity index is 858. The molecule has 1 N–H and O–H groups in total. The molecule has 0 bridgehead atoms. The van der Waals surface area contributed by atoms with Crippen LogP contribution < -0.4 is 4.74 Å². The van der Waals surface area contributed by atoms with E-state index in [1.54, 1.807) is 18.2 Å². The van der Waals surface area contributed by atoms with E-state index in [0.29, 0.717) is 5.75 Å². The van der Waals surface area contributed by atoms with Gasteiger partial charge in [0.15, 0.2) is 11.5 Å². The van der Waals surface area contributed by atoms with E-state index in [9.17, 15) is 9.90 Å². The van der Waals surface area contributed by atoms with Crippen molar-refractivity contribution in [1.29, 1.82) is 0 Å². The lowest BCUT2D eigenvalue weighted by molar-refractivity contribution is -0.117. The van der Waals surface area contributed by atoms with Gasteiger partial charge < -0.3 is 9.84 Å². The van der Waals surface area contributed by atoms with Crippen LogP contribution in [0.4, 0.5) is 0 Å². The predicted molar refractivity (Wildman–Crippen MR) is 88.8 cm³/mol. The molecule has 3 rings (SSSR count). The maximum Gasteiger partial charge on any atom is 0.160 e. The van der Waals surface area contributed by atoms with E-state index in [4.69, 9.17) is 4.74 Å². The van der Waals surface area contributed by atoms with Crippen molar-refractivity contribution in [2.75, 3.05) is 7.11 Å². The summed E-state index contributed by atoms with van der Waals surface area (Å²) in [5, 5.41) is 10.8. The minimum atomic E-state index is 0.0432. The molecule has 0 unspecified atom stereocenters. The van der Waals surface area contributed by atoms with E-state index >= 15 is 0 Å². The Morgan fingerprint density at radius 1 is 1.09 bits per heavy atom. The van der Waals surface area contributed by atoms with Crippen molar-refractivity contribution in [3.05, 3.63) is 65.9 Å². The van der Waals surface area contributed by atoms with Crippen LogP contribution in [-0.4, -0.2) is 23.0 Å². The largest absolute Gasteiger partial charge is 0.504 e. The summed E-state index contributed by atoms with van der Waals surface area (Å²) in [6.45, 7) is 0. The number of rotatable bonds is 5. The number of methoxy groups -OCH3 is 1. The first-order chi connectivity index (χ1) is 11.2. The Morgan fingerprint density at radius 2 is 1.91 bits per heavy atom. The van der Waals surface area contributed by atoms with Crippen molar-refractivity contribution >= 4 is 16.7 Å². The second-order valence-electron chi connectivity index (χ2n) is 5.39. The number of aromatic nitrogens is 1. The van der Waals surface area contributed by atoms with E-state index < -0.39 is 0 Å². The number of Topliss-reactive ketones (excluding diaryl/α,β-unsaturated/α-hetero) is 1. The number of aromatic hydroxyl groups is 1. The van der Waals surface area contributed by atoms with Gasteiger partial charge in [-0.05, 0) is 29.8 Å². The molecule has 1 heterocycles. The number of ketones is 1. The molecule has 0 aliphatic heterocycles. The molecule has 0 radical (unpaired) electrons. The molecule has 0 fully saturated rings. The third-order valence-electron chi connectivity index (χ3n) is 3.68. The van der Waals surface area contributed by atoms with Crippen molar-refractivity contribution in [3.8, 4) is 11.5 Å². The van der Waals surface area contributed by atoms with Crippen LogP contribution in [-0.2, 0) is 17.6 Å². The van der Waals surface area contributed by atoms with E-state index in [1.165, 1.54) is 7.11 Å². The maximum atomic E-state index is 12.2.